The number of para-hydroxylation sites is 2. The first-order valence-electron chi connectivity index (χ1n) is 9.99. The van der Waals surface area contributed by atoms with Crippen LogP contribution in [0, 0.1) is 5.21 Å². The molecule has 1 aliphatic rings. The van der Waals surface area contributed by atoms with Crippen LogP contribution < -0.4 is 5.23 Å². The van der Waals surface area contributed by atoms with Gasteiger partial charge in [0.15, 0.2) is 5.69 Å². The van der Waals surface area contributed by atoms with E-state index in [2.05, 4.69) is 15.0 Å². The van der Waals surface area contributed by atoms with Crippen LogP contribution >= 0.6 is 0 Å². The Hall–Kier alpha value is -3.15. The molecule has 0 bridgehead atoms. The van der Waals surface area contributed by atoms with Crippen LogP contribution in [0.25, 0.3) is 22.4 Å². The Kier molecular flexibility index (Phi) is 5.00. The highest BCUT2D eigenvalue weighted by Crippen LogP contribution is 2.34. The number of aliphatic hydroxyl groups is 1. The SMILES string of the molecule is Cn1c(CN2CC(O)CC2c2nc(-c3cccc([NH+]([O-])O)c3)no2)nc2ccccc21. The maximum absolute atomic E-state index is 11.2. The fraction of sp³-hybridized carbons (Fsp3) is 0.286. The Balaban J connectivity index is 1.41. The first kappa shape index (κ1) is 19.8. The second kappa shape index (κ2) is 7.84. The number of nitrogens with zero attached hydrogens (tertiary/aromatic N) is 5. The van der Waals surface area contributed by atoms with E-state index in [1.807, 2.05) is 35.9 Å². The second-order valence-electron chi connectivity index (χ2n) is 7.75. The summed E-state index contributed by atoms with van der Waals surface area (Å²) in [7, 11) is 1.98. The zero-order valence-electron chi connectivity index (χ0n) is 16.8. The number of imidazole rings is 1. The van der Waals surface area contributed by atoms with Gasteiger partial charge in [0.2, 0.25) is 11.7 Å². The first-order chi connectivity index (χ1) is 15.0. The molecule has 3 heterocycles. The van der Waals surface area contributed by atoms with Gasteiger partial charge in [0, 0.05) is 31.3 Å². The molecule has 1 fully saturated rings. The molecule has 160 valence electrons. The van der Waals surface area contributed by atoms with Gasteiger partial charge in [-0.15, -0.1) is 0 Å². The van der Waals surface area contributed by atoms with E-state index in [9.17, 15) is 15.5 Å². The molecule has 2 aromatic carbocycles. The van der Waals surface area contributed by atoms with Crippen molar-refractivity contribution in [3.8, 4) is 11.4 Å². The molecule has 3 unspecified atom stereocenters. The molecule has 31 heavy (non-hydrogen) atoms. The summed E-state index contributed by atoms with van der Waals surface area (Å²) in [5.41, 5.74) is 2.70. The van der Waals surface area contributed by atoms with Gasteiger partial charge in [-0.2, -0.15) is 10.2 Å². The summed E-state index contributed by atoms with van der Waals surface area (Å²) in [6.07, 6.45) is -0.0360. The minimum absolute atomic E-state index is 0.156. The van der Waals surface area contributed by atoms with Crippen molar-refractivity contribution < 1.29 is 20.1 Å². The zero-order chi connectivity index (χ0) is 21.5. The summed E-state index contributed by atoms with van der Waals surface area (Å²) in [6.45, 7) is 0.999. The number of hydrogen-bond acceptors (Lipinski definition) is 8. The number of rotatable bonds is 5. The van der Waals surface area contributed by atoms with Crippen LogP contribution in [0.5, 0.6) is 0 Å². The highest BCUT2D eigenvalue weighted by Gasteiger charge is 2.36. The summed E-state index contributed by atoms with van der Waals surface area (Å²) in [4.78, 5) is 11.3. The number of hydrogen-bond donors (Lipinski definition) is 3. The predicted molar refractivity (Wildman–Crippen MR) is 110 cm³/mol. The number of benzene rings is 2. The smallest absolute Gasteiger partial charge is 0.244 e. The summed E-state index contributed by atoms with van der Waals surface area (Å²) >= 11 is 0. The lowest BCUT2D eigenvalue weighted by atomic mass is 10.2. The molecule has 0 spiro atoms. The van der Waals surface area contributed by atoms with Crippen molar-refractivity contribution in [2.45, 2.75) is 25.1 Å². The number of aromatic nitrogens is 4. The van der Waals surface area contributed by atoms with E-state index in [1.54, 1.807) is 12.1 Å². The molecular formula is C21H22N6O4. The number of likely N-dealkylation sites (tertiary alicyclic amines) is 1. The molecular weight excluding hydrogens is 400 g/mol. The average molecular weight is 422 g/mol. The Labute approximate surface area is 177 Å². The van der Waals surface area contributed by atoms with Crippen molar-refractivity contribution >= 4 is 16.7 Å². The van der Waals surface area contributed by atoms with E-state index in [-0.39, 0.29) is 11.7 Å². The van der Waals surface area contributed by atoms with Crippen molar-refractivity contribution in [3.63, 3.8) is 0 Å². The first-order valence-corrected chi connectivity index (χ1v) is 9.99. The van der Waals surface area contributed by atoms with Gasteiger partial charge in [-0.25, -0.2) is 10.2 Å². The Morgan fingerprint density at radius 1 is 1.19 bits per heavy atom. The zero-order valence-corrected chi connectivity index (χ0v) is 16.8. The van der Waals surface area contributed by atoms with Gasteiger partial charge in [0.05, 0.1) is 29.7 Å². The van der Waals surface area contributed by atoms with E-state index in [1.165, 1.54) is 12.1 Å². The molecule has 0 radical (unpaired) electrons. The average Bonchev–Trinajstić information content (AvgIpc) is 3.47. The molecule has 1 aliphatic heterocycles. The minimum atomic E-state index is -1.02. The van der Waals surface area contributed by atoms with Crippen LogP contribution in [0.15, 0.2) is 53.1 Å². The van der Waals surface area contributed by atoms with Gasteiger partial charge in [0.25, 0.3) is 0 Å². The molecule has 3 atom stereocenters. The second-order valence-corrected chi connectivity index (χ2v) is 7.75. The Morgan fingerprint density at radius 2 is 2.03 bits per heavy atom. The largest absolute Gasteiger partial charge is 0.595 e. The van der Waals surface area contributed by atoms with Crippen molar-refractivity contribution in [2.24, 2.45) is 7.05 Å². The predicted octanol–water partition coefficient (Wildman–Crippen LogP) is 1.33. The number of β-amino-alcohol motifs (C(OH)–C–C–N with tert-alkyl or cyclic N) is 1. The summed E-state index contributed by atoms with van der Waals surface area (Å²) in [5.74, 6) is 1.60. The highest BCUT2D eigenvalue weighted by atomic mass is 16.8. The third-order valence-electron chi connectivity index (χ3n) is 5.70. The van der Waals surface area contributed by atoms with Gasteiger partial charge < -0.3 is 19.4 Å². The molecule has 4 aromatic rings. The number of fused-ring (bicyclic) bond motifs is 1. The van der Waals surface area contributed by atoms with Crippen molar-refractivity contribution in [1.29, 1.82) is 0 Å². The summed E-state index contributed by atoms with van der Waals surface area (Å²) in [6, 6.07) is 14.1. The maximum atomic E-state index is 11.2. The summed E-state index contributed by atoms with van der Waals surface area (Å²) < 4.78 is 7.57. The fourth-order valence-corrected chi connectivity index (χ4v) is 4.11. The van der Waals surface area contributed by atoms with Crippen LogP contribution in [-0.2, 0) is 13.6 Å². The fourth-order valence-electron chi connectivity index (χ4n) is 4.11. The van der Waals surface area contributed by atoms with Gasteiger partial charge in [-0.1, -0.05) is 29.4 Å². The van der Waals surface area contributed by atoms with Crippen LogP contribution in [0.3, 0.4) is 0 Å². The molecule has 0 saturated carbocycles. The maximum Gasteiger partial charge on any atom is 0.244 e. The van der Waals surface area contributed by atoms with E-state index < -0.39 is 11.3 Å². The number of aliphatic hydroxyl groups excluding tert-OH is 1. The van der Waals surface area contributed by atoms with E-state index >= 15 is 0 Å². The van der Waals surface area contributed by atoms with Gasteiger partial charge in [0.1, 0.15) is 5.82 Å². The van der Waals surface area contributed by atoms with E-state index in [0.717, 1.165) is 16.9 Å². The number of nitrogens with one attached hydrogen (secondary N) is 1. The molecule has 5 rings (SSSR count). The van der Waals surface area contributed by atoms with Crippen LogP contribution in [0.2, 0.25) is 0 Å². The number of aryl methyl sites for hydroxylation is 1. The molecule has 2 aromatic heterocycles. The highest BCUT2D eigenvalue weighted by molar-refractivity contribution is 5.75. The van der Waals surface area contributed by atoms with Gasteiger partial charge >= 0.3 is 0 Å². The van der Waals surface area contributed by atoms with Crippen molar-refractivity contribution in [1.82, 2.24) is 24.6 Å². The van der Waals surface area contributed by atoms with Crippen LogP contribution in [0.1, 0.15) is 24.2 Å². The third-order valence-corrected chi connectivity index (χ3v) is 5.70. The molecule has 0 aliphatic carbocycles. The lowest BCUT2D eigenvalue weighted by Crippen LogP contribution is -2.99. The standard InChI is InChI=1S/C21H22N6O4/c1-25-17-8-3-2-7-16(17)22-19(25)12-26-11-15(28)10-18(26)21-23-20(24-31-21)13-5-4-6-14(9-13)27(29)30/h2-9,15,18,27-29H,10-12H2,1H3. The molecule has 0 amide bonds. The van der Waals surface area contributed by atoms with Crippen molar-refractivity contribution in [3.05, 3.63) is 65.5 Å². The Morgan fingerprint density at radius 3 is 2.84 bits per heavy atom. The third kappa shape index (κ3) is 3.71. The minimum Gasteiger partial charge on any atom is -0.595 e. The van der Waals surface area contributed by atoms with Crippen LogP contribution in [-0.4, -0.2) is 47.6 Å². The quantitative estimate of drug-likeness (QED) is 0.411. The molecule has 3 N–H and O–H groups in total. The normalized spacial score (nSPS) is 20.5. The van der Waals surface area contributed by atoms with Gasteiger partial charge in [-0.3, -0.25) is 4.90 Å². The van der Waals surface area contributed by atoms with Crippen molar-refractivity contribution in [2.75, 3.05) is 6.54 Å². The van der Waals surface area contributed by atoms with E-state index in [0.29, 0.717) is 36.8 Å². The Bertz CT molecular complexity index is 1220. The monoisotopic (exact) mass is 422 g/mol. The molecule has 10 nitrogen and oxygen atoms in total. The summed E-state index contributed by atoms with van der Waals surface area (Å²) in [5, 5.41) is 33.8. The lowest BCUT2D eigenvalue weighted by Gasteiger charge is -2.20. The lowest BCUT2D eigenvalue weighted by molar-refractivity contribution is -0.991. The topological polar surface area (TPSA) is 128 Å². The molecule has 1 saturated heterocycles. The van der Waals surface area contributed by atoms with E-state index in [4.69, 9.17) is 9.51 Å². The number of quaternary nitrogens is 1. The molecule has 10 heteroatoms. The van der Waals surface area contributed by atoms with Gasteiger partial charge in [-0.05, 0) is 18.6 Å². The van der Waals surface area contributed by atoms with Crippen LogP contribution in [0.4, 0.5) is 5.69 Å².